The predicted molar refractivity (Wildman–Crippen MR) is 103 cm³/mol. The first-order valence-corrected chi connectivity index (χ1v) is 9.18. The van der Waals surface area contributed by atoms with Crippen LogP contribution in [-0.2, 0) is 24.2 Å². The van der Waals surface area contributed by atoms with E-state index in [-0.39, 0.29) is 18.1 Å². The van der Waals surface area contributed by atoms with E-state index in [1.807, 2.05) is 42.5 Å². The molecule has 27 heavy (non-hydrogen) atoms. The van der Waals surface area contributed by atoms with E-state index in [0.717, 1.165) is 41.3 Å². The Bertz CT molecular complexity index is 1040. The second-order valence-electron chi connectivity index (χ2n) is 6.65. The number of aryl methyl sites for hydroxylation is 2. The molecule has 6 heteroatoms. The molecule has 0 aliphatic heterocycles. The molecule has 1 aliphatic rings. The highest BCUT2D eigenvalue weighted by Gasteiger charge is 2.14. The minimum absolute atomic E-state index is 0.0689. The molecule has 138 valence electrons. The molecule has 3 aromatic rings. The number of benzene rings is 2. The van der Waals surface area contributed by atoms with E-state index in [4.69, 9.17) is 4.74 Å². The molecule has 0 radical (unpaired) electrons. The summed E-state index contributed by atoms with van der Waals surface area (Å²) in [6.07, 6.45) is 2.90. The van der Waals surface area contributed by atoms with Crippen LogP contribution in [-0.4, -0.2) is 28.8 Å². The molecule has 0 bridgehead atoms. The molecule has 0 fully saturated rings. The minimum Gasteiger partial charge on any atom is -0.483 e. The first kappa shape index (κ1) is 17.3. The fourth-order valence-electron chi connectivity index (χ4n) is 3.42. The van der Waals surface area contributed by atoms with E-state index in [1.54, 1.807) is 6.07 Å². The second kappa shape index (κ2) is 7.61. The largest absolute Gasteiger partial charge is 0.483 e. The van der Waals surface area contributed by atoms with Crippen LogP contribution in [0.3, 0.4) is 0 Å². The average Bonchev–Trinajstić information content (AvgIpc) is 3.13. The molecular formula is C21H21N3O3. The van der Waals surface area contributed by atoms with Crippen LogP contribution in [0.2, 0.25) is 0 Å². The van der Waals surface area contributed by atoms with Gasteiger partial charge in [-0.25, -0.2) is 4.68 Å². The topological polar surface area (TPSA) is 73.2 Å². The van der Waals surface area contributed by atoms with Gasteiger partial charge in [0.05, 0.1) is 12.2 Å². The zero-order valence-electron chi connectivity index (χ0n) is 15.0. The quantitative estimate of drug-likeness (QED) is 0.728. The van der Waals surface area contributed by atoms with Crippen LogP contribution in [0.25, 0.3) is 10.8 Å². The molecule has 1 N–H and O–H groups in total. The Morgan fingerprint density at radius 2 is 2.00 bits per heavy atom. The van der Waals surface area contributed by atoms with E-state index in [1.165, 1.54) is 4.68 Å². The number of carbonyl (C=O) groups excluding carboxylic acids is 1. The van der Waals surface area contributed by atoms with E-state index in [2.05, 4.69) is 10.4 Å². The molecule has 1 amide bonds. The van der Waals surface area contributed by atoms with Crippen molar-refractivity contribution < 1.29 is 9.53 Å². The number of amides is 1. The van der Waals surface area contributed by atoms with Crippen LogP contribution in [0, 0.1) is 0 Å². The molecule has 0 saturated carbocycles. The van der Waals surface area contributed by atoms with Gasteiger partial charge in [-0.3, -0.25) is 9.59 Å². The van der Waals surface area contributed by atoms with Crippen molar-refractivity contribution in [2.45, 2.75) is 25.8 Å². The van der Waals surface area contributed by atoms with Crippen LogP contribution >= 0.6 is 0 Å². The van der Waals surface area contributed by atoms with Gasteiger partial charge in [-0.05, 0) is 36.3 Å². The van der Waals surface area contributed by atoms with Gasteiger partial charge in [0.15, 0.2) is 6.61 Å². The number of carbonyl (C=O) groups is 1. The summed E-state index contributed by atoms with van der Waals surface area (Å²) in [5.74, 6) is 0.455. The van der Waals surface area contributed by atoms with Gasteiger partial charge in [-0.15, -0.1) is 0 Å². The Morgan fingerprint density at radius 3 is 2.93 bits per heavy atom. The molecule has 0 saturated heterocycles. The van der Waals surface area contributed by atoms with Crippen LogP contribution in [0.5, 0.6) is 5.75 Å². The maximum Gasteiger partial charge on any atom is 0.267 e. The molecule has 4 rings (SSSR count). The molecule has 6 nitrogen and oxygen atoms in total. The van der Waals surface area contributed by atoms with Crippen molar-refractivity contribution in [3.05, 3.63) is 70.1 Å². The highest BCUT2D eigenvalue weighted by atomic mass is 16.5. The Balaban J connectivity index is 1.31. The Hall–Kier alpha value is -3.15. The van der Waals surface area contributed by atoms with Gasteiger partial charge in [0.2, 0.25) is 0 Å². The summed E-state index contributed by atoms with van der Waals surface area (Å²) in [5.41, 5.74) is 1.95. The predicted octanol–water partition coefficient (Wildman–Crippen LogP) is 2.08. The summed E-state index contributed by atoms with van der Waals surface area (Å²) < 4.78 is 7.10. The van der Waals surface area contributed by atoms with Crippen molar-refractivity contribution in [2.24, 2.45) is 0 Å². The molecule has 0 spiro atoms. The number of ether oxygens (including phenoxy) is 1. The lowest BCUT2D eigenvalue weighted by Gasteiger charge is -2.10. The lowest BCUT2D eigenvalue weighted by atomic mass is 10.1. The van der Waals surface area contributed by atoms with Crippen LogP contribution in [0.1, 0.15) is 17.7 Å². The van der Waals surface area contributed by atoms with Crippen molar-refractivity contribution in [1.29, 1.82) is 0 Å². The summed E-state index contributed by atoms with van der Waals surface area (Å²) >= 11 is 0. The summed E-state index contributed by atoms with van der Waals surface area (Å²) in [6.45, 7) is 0.621. The fraction of sp³-hybridized carbons (Fsp3) is 0.286. The normalized spacial score (nSPS) is 12.7. The highest BCUT2D eigenvalue weighted by Crippen LogP contribution is 2.24. The van der Waals surface area contributed by atoms with Crippen molar-refractivity contribution >= 4 is 16.7 Å². The first-order valence-electron chi connectivity index (χ1n) is 9.18. The molecule has 1 aliphatic carbocycles. The third-order valence-corrected chi connectivity index (χ3v) is 4.78. The summed E-state index contributed by atoms with van der Waals surface area (Å²) in [7, 11) is 0. The zero-order valence-corrected chi connectivity index (χ0v) is 15.0. The SMILES string of the molecule is O=C(COc1cccc2ccccc12)NCCn1nc2c(cc1=O)CCC2. The minimum atomic E-state index is -0.225. The Morgan fingerprint density at radius 1 is 1.15 bits per heavy atom. The number of hydrogen-bond acceptors (Lipinski definition) is 4. The van der Waals surface area contributed by atoms with Gasteiger partial charge in [0, 0.05) is 18.0 Å². The van der Waals surface area contributed by atoms with Crippen molar-refractivity contribution in [3.8, 4) is 5.75 Å². The summed E-state index contributed by atoms with van der Waals surface area (Å²) in [6, 6.07) is 15.3. The van der Waals surface area contributed by atoms with Gasteiger partial charge in [-0.2, -0.15) is 5.10 Å². The van der Waals surface area contributed by atoms with E-state index >= 15 is 0 Å². The van der Waals surface area contributed by atoms with E-state index in [9.17, 15) is 9.59 Å². The highest BCUT2D eigenvalue weighted by molar-refractivity contribution is 5.88. The van der Waals surface area contributed by atoms with Gasteiger partial charge >= 0.3 is 0 Å². The van der Waals surface area contributed by atoms with Crippen molar-refractivity contribution in [3.63, 3.8) is 0 Å². The lowest BCUT2D eigenvalue weighted by molar-refractivity contribution is -0.123. The zero-order chi connectivity index (χ0) is 18.6. The number of fused-ring (bicyclic) bond motifs is 2. The van der Waals surface area contributed by atoms with Gasteiger partial charge in [0.1, 0.15) is 5.75 Å². The summed E-state index contributed by atoms with van der Waals surface area (Å²) in [4.78, 5) is 24.1. The monoisotopic (exact) mass is 363 g/mol. The third kappa shape index (κ3) is 3.84. The number of hydrogen-bond donors (Lipinski definition) is 1. The lowest BCUT2D eigenvalue weighted by Crippen LogP contribution is -2.34. The molecule has 1 aromatic heterocycles. The maximum atomic E-state index is 12.1. The molecule has 2 aromatic carbocycles. The van der Waals surface area contributed by atoms with Gasteiger partial charge in [-0.1, -0.05) is 36.4 Å². The average molecular weight is 363 g/mol. The standard InChI is InChI=1S/C21H21N3O3/c25-20(14-27-19-10-4-6-15-5-1-2-8-17(15)19)22-11-12-24-21(26)13-16-7-3-9-18(16)23-24/h1-2,4-6,8,10,13H,3,7,9,11-12,14H2,(H,22,25). The van der Waals surface area contributed by atoms with Gasteiger partial charge < -0.3 is 10.1 Å². The Kier molecular flexibility index (Phi) is 4.87. The van der Waals surface area contributed by atoms with Crippen LogP contribution < -0.4 is 15.6 Å². The Labute approximate surface area is 156 Å². The number of nitrogens with zero attached hydrogens (tertiary/aromatic N) is 2. The number of aromatic nitrogens is 2. The number of nitrogens with one attached hydrogen (secondary N) is 1. The molecule has 0 atom stereocenters. The van der Waals surface area contributed by atoms with E-state index < -0.39 is 0 Å². The second-order valence-corrected chi connectivity index (χ2v) is 6.65. The van der Waals surface area contributed by atoms with Crippen molar-refractivity contribution in [1.82, 2.24) is 15.1 Å². The fourth-order valence-corrected chi connectivity index (χ4v) is 3.42. The molecule has 1 heterocycles. The van der Waals surface area contributed by atoms with Gasteiger partial charge in [0.25, 0.3) is 11.5 Å². The maximum absolute atomic E-state index is 12.1. The van der Waals surface area contributed by atoms with E-state index in [0.29, 0.717) is 18.8 Å². The van der Waals surface area contributed by atoms with Crippen LogP contribution in [0.15, 0.2) is 53.3 Å². The van der Waals surface area contributed by atoms with Crippen molar-refractivity contribution in [2.75, 3.05) is 13.2 Å². The number of rotatable bonds is 6. The van der Waals surface area contributed by atoms with Crippen LogP contribution in [0.4, 0.5) is 0 Å². The smallest absolute Gasteiger partial charge is 0.267 e. The molecular weight excluding hydrogens is 342 g/mol. The first-order chi connectivity index (χ1) is 13.2. The third-order valence-electron chi connectivity index (χ3n) is 4.78. The molecule has 0 unspecified atom stereocenters. The summed E-state index contributed by atoms with van der Waals surface area (Å²) in [5, 5.41) is 9.22.